The molecule has 3 rings (SSSR count). The number of hydrogen-bond donors (Lipinski definition) is 3. The lowest BCUT2D eigenvalue weighted by Gasteiger charge is -2.38. The van der Waals surface area contributed by atoms with Gasteiger partial charge in [-0.25, -0.2) is 9.78 Å². The van der Waals surface area contributed by atoms with E-state index >= 15 is 0 Å². The van der Waals surface area contributed by atoms with E-state index in [2.05, 4.69) is 15.3 Å². The fraction of sp³-hybridized carbons (Fsp3) is 0.333. The molecule has 2 aromatic rings. The molecular weight excluding hydrogens is 330 g/mol. The molecule has 1 aromatic carbocycles. The Hall–Kier alpha value is -2.55. The van der Waals surface area contributed by atoms with Crippen LogP contribution in [0.2, 0.25) is 0 Å². The highest BCUT2D eigenvalue weighted by atomic mass is 32.2. The van der Waals surface area contributed by atoms with Gasteiger partial charge in [-0.05, 0) is 12.1 Å². The number of benzene rings is 1. The van der Waals surface area contributed by atoms with E-state index in [1.165, 1.54) is 16.7 Å². The predicted octanol–water partition coefficient (Wildman–Crippen LogP) is 0.0354. The van der Waals surface area contributed by atoms with Crippen molar-refractivity contribution in [3.8, 4) is 0 Å². The summed E-state index contributed by atoms with van der Waals surface area (Å²) in [4.78, 5) is 43.2. The third-order valence-corrected chi connectivity index (χ3v) is 4.64. The number of aromatic nitrogens is 2. The maximum Gasteiger partial charge on any atom is 0.314 e. The molecule has 0 unspecified atom stereocenters. The normalized spacial score (nSPS) is 14.4. The average molecular weight is 347 g/mol. The number of H-pyrrole nitrogens is 1. The smallest absolute Gasteiger partial charge is 0.314 e. The molecule has 126 valence electrons. The van der Waals surface area contributed by atoms with Crippen LogP contribution in [-0.2, 0) is 10.5 Å². The zero-order valence-corrected chi connectivity index (χ0v) is 13.6. The molecule has 1 aromatic heterocycles. The Kier molecular flexibility index (Phi) is 4.70. The van der Waals surface area contributed by atoms with Crippen molar-refractivity contribution in [2.45, 2.75) is 11.8 Å². The molecule has 1 aliphatic heterocycles. The van der Waals surface area contributed by atoms with Gasteiger partial charge in [0.15, 0.2) is 0 Å². The van der Waals surface area contributed by atoms with E-state index < -0.39 is 6.03 Å². The van der Waals surface area contributed by atoms with Crippen LogP contribution in [0.3, 0.4) is 0 Å². The number of carbonyl (C=O) groups is 2. The summed E-state index contributed by atoms with van der Waals surface area (Å²) in [6, 6.07) is 6.61. The van der Waals surface area contributed by atoms with E-state index in [1.807, 2.05) is 6.07 Å². The van der Waals surface area contributed by atoms with Crippen LogP contribution in [0.15, 0.2) is 29.1 Å². The van der Waals surface area contributed by atoms with Gasteiger partial charge in [-0.1, -0.05) is 12.1 Å². The molecule has 0 aliphatic carbocycles. The maximum atomic E-state index is 11.9. The highest BCUT2D eigenvalue weighted by Crippen LogP contribution is 2.12. The molecule has 9 heteroatoms. The van der Waals surface area contributed by atoms with Gasteiger partial charge in [0.25, 0.3) is 5.56 Å². The topological polar surface area (TPSA) is 121 Å². The molecule has 8 nitrogen and oxygen atoms in total. The number of urea groups is 1. The molecule has 0 spiro atoms. The van der Waals surface area contributed by atoms with Crippen molar-refractivity contribution >= 4 is 34.6 Å². The summed E-state index contributed by atoms with van der Waals surface area (Å²) in [6.45, 7) is 0.899. The Bertz CT molecular complexity index is 831. The second-order valence-electron chi connectivity index (χ2n) is 5.53. The number of para-hydroxylation sites is 1. The van der Waals surface area contributed by atoms with Gasteiger partial charge in [-0.15, -0.1) is 11.8 Å². The van der Waals surface area contributed by atoms with E-state index in [1.54, 1.807) is 18.2 Å². The summed E-state index contributed by atoms with van der Waals surface area (Å²) in [6.07, 6.45) is 0. The molecule has 0 radical (unpaired) electrons. The minimum atomic E-state index is -0.471. The standard InChI is InChI=1S/C15H17N5O3S/c16-15(23)20-5-9(6-20)17-13(21)8-24-7-12-18-11-4-2-1-3-10(11)14(22)19-12/h1-4,9H,5-8H2,(H2,16,23)(H,17,21)(H,18,19,22). The fourth-order valence-electron chi connectivity index (χ4n) is 2.46. The van der Waals surface area contributed by atoms with Crippen LogP contribution in [-0.4, -0.2) is 51.7 Å². The molecule has 0 saturated carbocycles. The number of carbonyl (C=O) groups excluding carboxylic acids is 2. The monoisotopic (exact) mass is 347 g/mol. The molecule has 0 atom stereocenters. The fourth-order valence-corrected chi connectivity index (χ4v) is 3.16. The van der Waals surface area contributed by atoms with Crippen LogP contribution in [0, 0.1) is 0 Å². The van der Waals surface area contributed by atoms with Gasteiger partial charge in [0, 0.05) is 13.1 Å². The molecule has 3 amide bonds. The average Bonchev–Trinajstić information content (AvgIpc) is 2.50. The lowest BCUT2D eigenvalue weighted by molar-refractivity contribution is -0.120. The largest absolute Gasteiger partial charge is 0.351 e. The van der Waals surface area contributed by atoms with Crippen molar-refractivity contribution in [3.63, 3.8) is 0 Å². The lowest BCUT2D eigenvalue weighted by Crippen LogP contribution is -2.62. The van der Waals surface area contributed by atoms with E-state index in [9.17, 15) is 14.4 Å². The first-order valence-electron chi connectivity index (χ1n) is 7.42. The van der Waals surface area contributed by atoms with Crippen LogP contribution < -0.4 is 16.6 Å². The van der Waals surface area contributed by atoms with Crippen molar-refractivity contribution in [2.75, 3.05) is 18.8 Å². The highest BCUT2D eigenvalue weighted by Gasteiger charge is 2.30. The number of aromatic amines is 1. The first kappa shape index (κ1) is 16.3. The Balaban J connectivity index is 1.47. The molecule has 1 fully saturated rings. The van der Waals surface area contributed by atoms with E-state index in [-0.39, 0.29) is 23.3 Å². The van der Waals surface area contributed by atoms with Gasteiger partial charge in [-0.3, -0.25) is 9.59 Å². The van der Waals surface area contributed by atoms with Crippen molar-refractivity contribution < 1.29 is 9.59 Å². The van der Waals surface area contributed by atoms with Crippen LogP contribution >= 0.6 is 11.8 Å². The first-order valence-corrected chi connectivity index (χ1v) is 8.58. The molecule has 2 heterocycles. The minimum absolute atomic E-state index is 0.0378. The number of rotatable bonds is 5. The van der Waals surface area contributed by atoms with Crippen LogP contribution in [0.25, 0.3) is 10.9 Å². The first-order chi connectivity index (χ1) is 11.5. The van der Waals surface area contributed by atoms with Gasteiger partial charge in [0.2, 0.25) is 5.91 Å². The Labute approximate surface area is 141 Å². The Morgan fingerprint density at radius 2 is 2.12 bits per heavy atom. The Morgan fingerprint density at radius 3 is 2.88 bits per heavy atom. The zero-order valence-electron chi connectivity index (χ0n) is 12.8. The number of nitrogens with zero attached hydrogens (tertiary/aromatic N) is 2. The number of fused-ring (bicyclic) bond motifs is 1. The second kappa shape index (κ2) is 6.91. The van der Waals surface area contributed by atoms with E-state index in [0.717, 1.165) is 0 Å². The summed E-state index contributed by atoms with van der Waals surface area (Å²) >= 11 is 1.37. The summed E-state index contributed by atoms with van der Waals surface area (Å²) in [5.74, 6) is 1.12. The Morgan fingerprint density at radius 1 is 1.38 bits per heavy atom. The number of thioether (sulfide) groups is 1. The van der Waals surface area contributed by atoms with Gasteiger partial charge in [-0.2, -0.15) is 0 Å². The van der Waals surface area contributed by atoms with Gasteiger partial charge in [0.05, 0.1) is 28.5 Å². The van der Waals surface area contributed by atoms with Crippen molar-refractivity contribution in [3.05, 3.63) is 40.4 Å². The molecule has 1 aliphatic rings. The maximum absolute atomic E-state index is 11.9. The van der Waals surface area contributed by atoms with Crippen LogP contribution in [0.4, 0.5) is 4.79 Å². The SMILES string of the molecule is NC(=O)N1CC(NC(=O)CSCc2nc3ccccc3c(=O)[nH]2)C1. The van der Waals surface area contributed by atoms with Crippen molar-refractivity contribution in [1.82, 2.24) is 20.2 Å². The van der Waals surface area contributed by atoms with Crippen molar-refractivity contribution in [1.29, 1.82) is 0 Å². The van der Waals surface area contributed by atoms with Crippen molar-refractivity contribution in [2.24, 2.45) is 5.73 Å². The van der Waals surface area contributed by atoms with Gasteiger partial charge < -0.3 is 20.9 Å². The molecule has 0 bridgehead atoms. The van der Waals surface area contributed by atoms with Gasteiger partial charge in [0.1, 0.15) is 5.82 Å². The summed E-state index contributed by atoms with van der Waals surface area (Å²) < 4.78 is 0. The molecule has 4 N–H and O–H groups in total. The zero-order chi connectivity index (χ0) is 17.1. The van der Waals surface area contributed by atoms with E-state index in [4.69, 9.17) is 5.73 Å². The van der Waals surface area contributed by atoms with Gasteiger partial charge >= 0.3 is 6.03 Å². The number of likely N-dealkylation sites (tertiary alicyclic amines) is 1. The number of nitrogens with two attached hydrogens (primary N) is 1. The lowest BCUT2D eigenvalue weighted by atomic mass is 10.1. The summed E-state index contributed by atoms with van der Waals surface area (Å²) in [7, 11) is 0. The number of hydrogen-bond acceptors (Lipinski definition) is 5. The minimum Gasteiger partial charge on any atom is -0.351 e. The number of nitrogens with one attached hydrogen (secondary N) is 2. The highest BCUT2D eigenvalue weighted by molar-refractivity contribution is 7.99. The molecule has 1 saturated heterocycles. The second-order valence-corrected chi connectivity index (χ2v) is 6.52. The number of primary amides is 1. The predicted molar refractivity (Wildman–Crippen MR) is 91.6 cm³/mol. The third-order valence-electron chi connectivity index (χ3n) is 3.69. The van der Waals surface area contributed by atoms with E-state index in [0.29, 0.717) is 35.6 Å². The summed E-state index contributed by atoms with van der Waals surface area (Å²) in [5, 5.41) is 3.38. The quantitative estimate of drug-likeness (QED) is 0.705. The number of amides is 3. The summed E-state index contributed by atoms with van der Waals surface area (Å²) in [5.41, 5.74) is 5.58. The molecular formula is C15H17N5O3S. The molecule has 24 heavy (non-hydrogen) atoms. The van der Waals surface area contributed by atoms with Crippen LogP contribution in [0.5, 0.6) is 0 Å². The van der Waals surface area contributed by atoms with Crippen LogP contribution in [0.1, 0.15) is 5.82 Å². The third kappa shape index (κ3) is 3.67.